The molecule has 3 heterocycles. The molecule has 1 fully saturated rings. The molecule has 31 heavy (non-hydrogen) atoms. The molecule has 0 spiro atoms. The van der Waals surface area contributed by atoms with Crippen molar-refractivity contribution in [3.05, 3.63) is 54.3 Å². The lowest BCUT2D eigenvalue weighted by Gasteiger charge is -2.25. The molecule has 0 aliphatic carbocycles. The summed E-state index contributed by atoms with van der Waals surface area (Å²) in [6, 6.07) is 13.7. The third-order valence-corrected chi connectivity index (χ3v) is 5.91. The Balaban J connectivity index is 1.48. The number of aromatic nitrogens is 2. The van der Waals surface area contributed by atoms with Crippen LogP contribution in [0.4, 0.5) is 21.7 Å². The topological polar surface area (TPSA) is 69.6 Å². The van der Waals surface area contributed by atoms with Gasteiger partial charge in [-0.25, -0.2) is 14.4 Å². The van der Waals surface area contributed by atoms with Crippen molar-refractivity contribution in [1.82, 2.24) is 9.97 Å². The molecule has 0 saturated carbocycles. The summed E-state index contributed by atoms with van der Waals surface area (Å²) < 4.78 is 14.2. The first kappa shape index (κ1) is 19.4. The number of halogens is 1. The largest absolute Gasteiger partial charge is 0.357 e. The van der Waals surface area contributed by atoms with E-state index in [0.29, 0.717) is 23.7 Å². The Morgan fingerprint density at radius 3 is 2.42 bits per heavy atom. The Hall–Kier alpha value is -3.55. The van der Waals surface area contributed by atoms with Crippen molar-refractivity contribution in [3.8, 4) is 0 Å². The summed E-state index contributed by atoms with van der Waals surface area (Å²) in [5.74, 6) is -0.284. The summed E-state index contributed by atoms with van der Waals surface area (Å²) >= 11 is 0. The zero-order chi connectivity index (χ0) is 21.5. The zero-order valence-electron chi connectivity index (χ0n) is 17.2. The van der Waals surface area contributed by atoms with Crippen molar-refractivity contribution < 1.29 is 14.0 Å². The van der Waals surface area contributed by atoms with Gasteiger partial charge in [0.1, 0.15) is 5.82 Å². The second kappa shape index (κ2) is 7.61. The van der Waals surface area contributed by atoms with E-state index in [1.54, 1.807) is 23.1 Å². The predicted octanol–water partition coefficient (Wildman–Crippen LogP) is 2.99. The fourth-order valence-electron chi connectivity index (χ4n) is 4.31. The van der Waals surface area contributed by atoms with Gasteiger partial charge in [-0.15, -0.1) is 0 Å². The molecule has 0 unspecified atom stereocenters. The number of nitrogens with zero attached hydrogens (tertiary/aromatic N) is 5. The van der Waals surface area contributed by atoms with Gasteiger partial charge in [-0.2, -0.15) is 0 Å². The molecule has 5 rings (SSSR count). The minimum Gasteiger partial charge on any atom is -0.357 e. The summed E-state index contributed by atoms with van der Waals surface area (Å²) in [7, 11) is 1.94. The lowest BCUT2D eigenvalue weighted by Crippen LogP contribution is -2.38. The molecule has 2 aliphatic heterocycles. The summed E-state index contributed by atoms with van der Waals surface area (Å²) in [5, 5.41) is 0. The molecule has 2 aromatic carbocycles. The number of fused-ring (bicyclic) bond motifs is 2. The summed E-state index contributed by atoms with van der Waals surface area (Å²) in [6.07, 6.45) is 0.810. The van der Waals surface area contributed by atoms with Gasteiger partial charge >= 0.3 is 0 Å². The average molecular weight is 419 g/mol. The highest BCUT2D eigenvalue weighted by molar-refractivity contribution is 6.05. The number of benzene rings is 2. The lowest BCUT2D eigenvalue weighted by molar-refractivity contribution is -0.124. The number of hydrogen-bond donors (Lipinski definition) is 0. The first-order valence-corrected chi connectivity index (χ1v) is 10.4. The molecule has 3 aromatic rings. The van der Waals surface area contributed by atoms with Gasteiger partial charge in [0.05, 0.1) is 22.6 Å². The van der Waals surface area contributed by atoms with Gasteiger partial charge in [0, 0.05) is 33.1 Å². The number of amides is 2. The second-order valence-corrected chi connectivity index (χ2v) is 7.98. The van der Waals surface area contributed by atoms with E-state index in [1.165, 1.54) is 11.0 Å². The van der Waals surface area contributed by atoms with Crippen LogP contribution in [0.3, 0.4) is 0 Å². The third-order valence-electron chi connectivity index (χ3n) is 5.91. The number of carbonyl (C=O) groups is 2. The Morgan fingerprint density at radius 1 is 1.00 bits per heavy atom. The first-order valence-electron chi connectivity index (χ1n) is 10.4. The molecule has 158 valence electrons. The van der Waals surface area contributed by atoms with E-state index < -0.39 is 11.7 Å². The Morgan fingerprint density at radius 2 is 1.68 bits per heavy atom. The molecule has 0 bridgehead atoms. The minimum atomic E-state index is -0.559. The Kier molecular flexibility index (Phi) is 4.77. The highest BCUT2D eigenvalue weighted by Gasteiger charge is 2.40. The molecule has 1 saturated heterocycles. The quantitative estimate of drug-likeness (QED) is 0.639. The second-order valence-electron chi connectivity index (χ2n) is 7.98. The molecule has 0 N–H and O–H groups in total. The van der Waals surface area contributed by atoms with Gasteiger partial charge in [0.15, 0.2) is 11.6 Å². The fourth-order valence-corrected chi connectivity index (χ4v) is 4.31. The summed E-state index contributed by atoms with van der Waals surface area (Å²) in [4.78, 5) is 40.7. The van der Waals surface area contributed by atoms with Crippen molar-refractivity contribution in [3.63, 3.8) is 0 Å². The van der Waals surface area contributed by atoms with Crippen LogP contribution >= 0.6 is 0 Å². The SMILES string of the molecule is CN1CCCN(C(=O)[C@@H]2CC(=O)N(c3ccccc3F)C2)c2nc3ccccc3nc21. The van der Waals surface area contributed by atoms with Gasteiger partial charge in [-0.05, 0) is 30.7 Å². The van der Waals surface area contributed by atoms with Crippen LogP contribution in [0, 0.1) is 11.7 Å². The third kappa shape index (κ3) is 3.37. The first-order chi connectivity index (χ1) is 15.0. The van der Waals surface area contributed by atoms with E-state index in [1.807, 2.05) is 36.2 Å². The highest BCUT2D eigenvalue weighted by atomic mass is 19.1. The van der Waals surface area contributed by atoms with Crippen LogP contribution in [-0.2, 0) is 9.59 Å². The average Bonchev–Trinajstić information content (AvgIpc) is 3.09. The van der Waals surface area contributed by atoms with Crippen molar-refractivity contribution in [2.75, 3.05) is 41.4 Å². The van der Waals surface area contributed by atoms with Gasteiger partial charge in [0.25, 0.3) is 0 Å². The predicted molar refractivity (Wildman–Crippen MR) is 117 cm³/mol. The maximum absolute atomic E-state index is 14.2. The van der Waals surface area contributed by atoms with E-state index in [2.05, 4.69) is 0 Å². The molecule has 2 amide bonds. The summed E-state index contributed by atoms with van der Waals surface area (Å²) in [5.41, 5.74) is 1.69. The van der Waals surface area contributed by atoms with Crippen molar-refractivity contribution >= 4 is 40.2 Å². The van der Waals surface area contributed by atoms with Crippen LogP contribution in [0.1, 0.15) is 12.8 Å². The standard InChI is InChI=1S/C23H22FN5O2/c1-27-11-6-12-28(22-21(27)25-17-8-3-4-9-18(17)26-22)23(31)15-13-20(30)29(14-15)19-10-5-2-7-16(19)24/h2-5,7-10,15H,6,11-14H2,1H3/t15-/m1/s1. The minimum absolute atomic E-state index is 0.0514. The van der Waals surface area contributed by atoms with Gasteiger partial charge < -0.3 is 9.80 Å². The Labute approximate surface area is 179 Å². The molecular formula is C23H22FN5O2. The Bertz CT molecular complexity index is 1180. The molecule has 0 radical (unpaired) electrons. The zero-order valence-corrected chi connectivity index (χ0v) is 17.2. The van der Waals surface area contributed by atoms with E-state index in [0.717, 1.165) is 18.5 Å². The van der Waals surface area contributed by atoms with E-state index in [-0.39, 0.29) is 30.5 Å². The van der Waals surface area contributed by atoms with Crippen LogP contribution in [0.5, 0.6) is 0 Å². The number of hydrogen-bond acceptors (Lipinski definition) is 5. The van der Waals surface area contributed by atoms with E-state index in [9.17, 15) is 14.0 Å². The van der Waals surface area contributed by atoms with Crippen LogP contribution < -0.4 is 14.7 Å². The maximum Gasteiger partial charge on any atom is 0.233 e. The number of carbonyl (C=O) groups excluding carboxylic acids is 2. The fraction of sp³-hybridized carbons (Fsp3) is 0.304. The molecule has 7 nitrogen and oxygen atoms in total. The maximum atomic E-state index is 14.2. The normalized spacial score (nSPS) is 19.0. The van der Waals surface area contributed by atoms with Crippen LogP contribution in [0.2, 0.25) is 0 Å². The highest BCUT2D eigenvalue weighted by Crippen LogP contribution is 2.34. The van der Waals surface area contributed by atoms with Crippen molar-refractivity contribution in [1.29, 1.82) is 0 Å². The van der Waals surface area contributed by atoms with Crippen LogP contribution in [0.15, 0.2) is 48.5 Å². The molecule has 2 aliphatic rings. The summed E-state index contributed by atoms with van der Waals surface area (Å²) in [6.45, 7) is 1.39. The molecule has 1 atom stereocenters. The van der Waals surface area contributed by atoms with Gasteiger partial charge in [0.2, 0.25) is 11.8 Å². The van der Waals surface area contributed by atoms with Crippen molar-refractivity contribution in [2.24, 2.45) is 5.92 Å². The number of anilines is 3. The van der Waals surface area contributed by atoms with Gasteiger partial charge in [-0.3, -0.25) is 14.5 Å². The van der Waals surface area contributed by atoms with E-state index in [4.69, 9.17) is 9.97 Å². The monoisotopic (exact) mass is 419 g/mol. The van der Waals surface area contributed by atoms with Crippen LogP contribution in [-0.4, -0.2) is 48.5 Å². The van der Waals surface area contributed by atoms with Crippen molar-refractivity contribution in [2.45, 2.75) is 12.8 Å². The molecular weight excluding hydrogens is 397 g/mol. The van der Waals surface area contributed by atoms with Gasteiger partial charge in [-0.1, -0.05) is 24.3 Å². The number of rotatable bonds is 2. The lowest BCUT2D eigenvalue weighted by atomic mass is 10.1. The number of para-hydroxylation sites is 3. The smallest absolute Gasteiger partial charge is 0.233 e. The molecule has 1 aromatic heterocycles. The van der Waals surface area contributed by atoms with Crippen LogP contribution in [0.25, 0.3) is 11.0 Å². The molecule has 8 heteroatoms. The van der Waals surface area contributed by atoms with E-state index >= 15 is 0 Å².